The van der Waals surface area contributed by atoms with Crippen LogP contribution in [0, 0.1) is 0 Å². The van der Waals surface area contributed by atoms with E-state index in [1.165, 1.54) is 32.6 Å². The zero-order valence-electron chi connectivity index (χ0n) is 19.5. The Hall–Kier alpha value is 0.140. The van der Waals surface area contributed by atoms with Gasteiger partial charge in [-0.15, -0.1) is 0 Å². The molecule has 0 saturated heterocycles. The minimum atomic E-state index is -4.17. The molecule has 0 aliphatic rings. The fourth-order valence-electron chi connectivity index (χ4n) is 3.06. The average Bonchev–Trinajstić information content (AvgIpc) is 2.60. The van der Waals surface area contributed by atoms with Crippen molar-refractivity contribution in [3.8, 4) is 0 Å². The van der Waals surface area contributed by atoms with Gasteiger partial charge in [0.25, 0.3) is 0 Å². The molecule has 8 nitrogen and oxygen atoms in total. The number of hydrogen-bond donors (Lipinski definition) is 4. The zero-order valence-corrected chi connectivity index (χ0v) is 21.4. The van der Waals surface area contributed by atoms with Crippen LogP contribution in [0.15, 0.2) is 0 Å². The third-order valence-electron chi connectivity index (χ3n) is 4.29. The first kappa shape index (κ1) is 31.3. The highest BCUT2D eigenvalue weighted by Gasteiger charge is 2.32. The van der Waals surface area contributed by atoms with Crippen molar-refractivity contribution in [1.29, 1.82) is 0 Å². The molecule has 0 aromatic heterocycles. The average molecular weight is 460 g/mol. The van der Waals surface area contributed by atoms with Gasteiger partial charge in [0.1, 0.15) is 0 Å². The second-order valence-electron chi connectivity index (χ2n) is 7.52. The van der Waals surface area contributed by atoms with E-state index in [1.54, 1.807) is 0 Å². The molecule has 178 valence electrons. The molecule has 0 aromatic rings. The van der Waals surface area contributed by atoms with E-state index in [-0.39, 0.29) is 6.61 Å². The topological polar surface area (TPSA) is 109 Å². The predicted molar refractivity (Wildman–Crippen MR) is 124 cm³/mol. The fraction of sp³-hybridized carbons (Fsp3) is 1.00. The highest BCUT2D eigenvalue weighted by Crippen LogP contribution is 2.14. The Kier molecular flexibility index (Phi) is 19.2. The van der Waals surface area contributed by atoms with Gasteiger partial charge in [-0.25, -0.2) is 4.18 Å². The molecule has 0 rings (SSSR count). The van der Waals surface area contributed by atoms with Crippen LogP contribution < -0.4 is 16.0 Å². The van der Waals surface area contributed by atoms with Gasteiger partial charge in [-0.2, -0.15) is 8.42 Å². The second kappa shape index (κ2) is 17.8. The Morgan fingerprint density at radius 2 is 1.31 bits per heavy atom. The summed E-state index contributed by atoms with van der Waals surface area (Å²) in [5.41, 5.74) is 0. The Bertz CT molecular complexity index is 468. The largest absolute Gasteiger partial charge is 0.397 e. The maximum atomic E-state index is 9.56. The standard InChI is InChI=1S/C17H40N3OP.C2H6O4S/c1-7-10-14(4)18-13-17(21-22,19-15(5)11-8-2)20-16(6)12-9-3;1-2-6-7(3,4)5/h14-16,18-20H,7-13,22H2,1-6H3;2H2,1H3,(H,3,4,5). The SMILES string of the molecule is CCCC(C)NCC(NC(C)CCC)(NC(C)CCC)OP.CCOS(=O)(=O)O. The van der Waals surface area contributed by atoms with Crippen LogP contribution in [0.25, 0.3) is 0 Å². The summed E-state index contributed by atoms with van der Waals surface area (Å²) in [6, 6.07) is 1.32. The van der Waals surface area contributed by atoms with E-state index in [0.29, 0.717) is 18.1 Å². The van der Waals surface area contributed by atoms with E-state index < -0.39 is 16.2 Å². The van der Waals surface area contributed by atoms with Crippen molar-refractivity contribution in [2.45, 2.75) is 111 Å². The molecule has 0 amide bonds. The molecular weight excluding hydrogens is 413 g/mol. The van der Waals surface area contributed by atoms with Gasteiger partial charge >= 0.3 is 10.4 Å². The molecule has 0 aromatic carbocycles. The molecule has 0 radical (unpaired) electrons. The lowest BCUT2D eigenvalue weighted by Gasteiger charge is -2.39. The Morgan fingerprint density at radius 1 is 0.897 bits per heavy atom. The molecule has 4 N–H and O–H groups in total. The second-order valence-corrected chi connectivity index (χ2v) is 8.84. The van der Waals surface area contributed by atoms with Crippen molar-refractivity contribution in [1.82, 2.24) is 16.0 Å². The molecule has 0 spiro atoms. The Labute approximate surface area is 181 Å². The van der Waals surface area contributed by atoms with Crippen molar-refractivity contribution in [2.24, 2.45) is 0 Å². The monoisotopic (exact) mass is 459 g/mol. The van der Waals surface area contributed by atoms with E-state index >= 15 is 0 Å². The summed E-state index contributed by atoms with van der Waals surface area (Å²) in [7, 11) is -1.73. The van der Waals surface area contributed by atoms with Crippen LogP contribution >= 0.6 is 9.47 Å². The first-order valence-electron chi connectivity index (χ1n) is 10.8. The van der Waals surface area contributed by atoms with Crippen LogP contribution in [0.3, 0.4) is 0 Å². The molecule has 4 atom stereocenters. The van der Waals surface area contributed by atoms with E-state index in [0.717, 1.165) is 19.4 Å². The summed E-state index contributed by atoms with van der Waals surface area (Å²) in [5, 5.41) is 10.9. The van der Waals surface area contributed by atoms with Gasteiger partial charge in [0.15, 0.2) is 5.85 Å². The molecule has 10 heteroatoms. The van der Waals surface area contributed by atoms with Gasteiger partial charge in [-0.3, -0.25) is 15.2 Å². The Balaban J connectivity index is 0. The molecule has 0 fully saturated rings. The zero-order chi connectivity index (χ0) is 22.9. The van der Waals surface area contributed by atoms with Gasteiger partial charge in [-0.05, 0) is 47.0 Å². The number of hydrogen-bond acceptors (Lipinski definition) is 7. The van der Waals surface area contributed by atoms with Gasteiger partial charge in [0, 0.05) is 27.6 Å². The van der Waals surface area contributed by atoms with E-state index in [4.69, 9.17) is 9.08 Å². The van der Waals surface area contributed by atoms with E-state index in [9.17, 15) is 8.42 Å². The van der Waals surface area contributed by atoms with Crippen molar-refractivity contribution >= 4 is 19.9 Å². The first-order chi connectivity index (χ1) is 13.5. The lowest BCUT2D eigenvalue weighted by molar-refractivity contribution is -0.00625. The van der Waals surface area contributed by atoms with Gasteiger partial charge < -0.3 is 9.84 Å². The minimum absolute atomic E-state index is 0.0289. The van der Waals surface area contributed by atoms with Crippen LogP contribution in [-0.4, -0.2) is 50.1 Å². The lowest BCUT2D eigenvalue weighted by atomic mass is 10.1. The number of nitrogens with one attached hydrogen (secondary N) is 3. The van der Waals surface area contributed by atoms with Gasteiger partial charge in [0.05, 0.1) is 13.2 Å². The molecule has 0 aliphatic heterocycles. The van der Waals surface area contributed by atoms with Crippen LogP contribution in [0.1, 0.15) is 87.0 Å². The summed E-state index contributed by atoms with van der Waals surface area (Å²) >= 11 is 0. The Morgan fingerprint density at radius 3 is 1.59 bits per heavy atom. The van der Waals surface area contributed by atoms with Crippen molar-refractivity contribution in [3.63, 3.8) is 0 Å². The van der Waals surface area contributed by atoms with Crippen LogP contribution in [0.2, 0.25) is 0 Å². The van der Waals surface area contributed by atoms with Gasteiger partial charge in [-0.1, -0.05) is 40.0 Å². The summed E-state index contributed by atoms with van der Waals surface area (Å²) in [6.07, 6.45) is 7.01. The molecule has 4 unspecified atom stereocenters. The van der Waals surface area contributed by atoms with Crippen molar-refractivity contribution < 1.29 is 21.7 Å². The molecule has 0 bridgehead atoms. The van der Waals surface area contributed by atoms with Crippen molar-refractivity contribution in [3.05, 3.63) is 0 Å². The predicted octanol–water partition coefficient (Wildman–Crippen LogP) is 3.61. The molecule has 0 heterocycles. The lowest BCUT2D eigenvalue weighted by Crippen LogP contribution is -2.67. The van der Waals surface area contributed by atoms with E-state index in [2.05, 4.69) is 71.1 Å². The van der Waals surface area contributed by atoms with Crippen molar-refractivity contribution in [2.75, 3.05) is 13.2 Å². The molecule has 29 heavy (non-hydrogen) atoms. The summed E-state index contributed by atoms with van der Waals surface area (Å²) < 4.78 is 36.5. The third-order valence-corrected chi connectivity index (χ3v) is 5.23. The number of rotatable bonds is 16. The molecular formula is C19H46N3O5PS. The van der Waals surface area contributed by atoms with Crippen LogP contribution in [0.4, 0.5) is 0 Å². The maximum absolute atomic E-state index is 9.56. The summed E-state index contributed by atoms with van der Waals surface area (Å²) in [5.74, 6) is -0.532. The van der Waals surface area contributed by atoms with Gasteiger partial charge in [0.2, 0.25) is 0 Å². The quantitative estimate of drug-likeness (QED) is 0.157. The normalized spacial score (nSPS) is 17.0. The first-order valence-corrected chi connectivity index (χ1v) is 12.6. The molecule has 0 saturated carbocycles. The third kappa shape index (κ3) is 18.6. The highest BCUT2D eigenvalue weighted by molar-refractivity contribution is 7.80. The summed E-state index contributed by atoms with van der Waals surface area (Å²) in [4.78, 5) is 0. The van der Waals surface area contributed by atoms with Crippen LogP contribution in [0.5, 0.6) is 0 Å². The van der Waals surface area contributed by atoms with Crippen LogP contribution in [-0.2, 0) is 19.1 Å². The smallest absolute Gasteiger partial charge is 0.330 e. The fourth-order valence-corrected chi connectivity index (χ4v) is 3.58. The minimum Gasteiger partial charge on any atom is -0.330 e. The maximum Gasteiger partial charge on any atom is 0.397 e. The molecule has 0 aliphatic carbocycles. The highest BCUT2D eigenvalue weighted by atomic mass is 32.3. The van der Waals surface area contributed by atoms with E-state index in [1.807, 2.05) is 0 Å². The summed E-state index contributed by atoms with van der Waals surface area (Å²) in [6.45, 7) is 15.5.